The molecular weight excluding hydrogens is 278 g/mol. The summed E-state index contributed by atoms with van der Waals surface area (Å²) >= 11 is 0. The molecule has 22 heavy (non-hydrogen) atoms. The summed E-state index contributed by atoms with van der Waals surface area (Å²) in [4.78, 5) is 26.3. The van der Waals surface area contributed by atoms with Crippen LogP contribution in [0.3, 0.4) is 0 Å². The summed E-state index contributed by atoms with van der Waals surface area (Å²) in [6, 6.07) is 17.4. The van der Waals surface area contributed by atoms with Gasteiger partial charge >= 0.3 is 0 Å². The molecule has 1 aliphatic heterocycles. The lowest BCUT2D eigenvalue weighted by molar-refractivity contribution is -0.134. The van der Waals surface area contributed by atoms with Crippen molar-refractivity contribution in [1.29, 1.82) is 0 Å². The van der Waals surface area contributed by atoms with Crippen molar-refractivity contribution in [2.75, 3.05) is 7.05 Å². The number of aliphatic hydroxyl groups excluding tert-OH is 1. The predicted molar refractivity (Wildman–Crippen MR) is 82.5 cm³/mol. The minimum absolute atomic E-state index is 0.151. The Kier molecular flexibility index (Phi) is 3.77. The van der Waals surface area contributed by atoms with Crippen molar-refractivity contribution >= 4 is 11.7 Å². The first-order valence-corrected chi connectivity index (χ1v) is 7.20. The second-order valence-electron chi connectivity index (χ2n) is 5.51. The molecule has 4 heteroatoms. The molecule has 1 saturated heterocycles. The highest BCUT2D eigenvalue weighted by Crippen LogP contribution is 2.35. The number of rotatable bonds is 3. The number of benzene rings is 2. The van der Waals surface area contributed by atoms with Gasteiger partial charge in [0, 0.05) is 18.5 Å². The van der Waals surface area contributed by atoms with Crippen molar-refractivity contribution in [3.05, 3.63) is 71.8 Å². The standard InChI is InChI=1S/C18H17NO3/c1-19-15(16(20)13-10-6-3-7-11-13)14(17(21)18(19)22)12-8-4-2-5-9-12/h2-11,14-15,17,21H,1H3/t14-,15-,17-/m1/s1. The highest BCUT2D eigenvalue weighted by atomic mass is 16.3. The molecule has 2 aromatic rings. The predicted octanol–water partition coefficient (Wildman–Crippen LogP) is 1.85. The van der Waals surface area contributed by atoms with E-state index in [4.69, 9.17) is 0 Å². The number of aliphatic hydroxyl groups is 1. The zero-order chi connectivity index (χ0) is 15.7. The van der Waals surface area contributed by atoms with Gasteiger partial charge in [0.05, 0.1) is 0 Å². The Bertz CT molecular complexity index is 684. The Balaban J connectivity index is 2.03. The maximum Gasteiger partial charge on any atom is 0.252 e. The summed E-state index contributed by atoms with van der Waals surface area (Å²) in [6.07, 6.45) is -1.19. The first-order chi connectivity index (χ1) is 10.6. The van der Waals surface area contributed by atoms with Gasteiger partial charge in [0.1, 0.15) is 12.1 Å². The minimum Gasteiger partial charge on any atom is -0.383 e. The van der Waals surface area contributed by atoms with Gasteiger partial charge in [-0.05, 0) is 5.56 Å². The molecule has 3 rings (SSSR count). The van der Waals surface area contributed by atoms with Crippen LogP contribution in [-0.2, 0) is 4.79 Å². The van der Waals surface area contributed by atoms with Crippen molar-refractivity contribution in [2.45, 2.75) is 18.1 Å². The molecule has 112 valence electrons. The monoisotopic (exact) mass is 295 g/mol. The van der Waals surface area contributed by atoms with Crippen LogP contribution in [0.25, 0.3) is 0 Å². The van der Waals surface area contributed by atoms with Crippen molar-refractivity contribution in [3.63, 3.8) is 0 Å². The van der Waals surface area contributed by atoms with Crippen molar-refractivity contribution < 1.29 is 14.7 Å². The minimum atomic E-state index is -1.19. The lowest BCUT2D eigenvalue weighted by Gasteiger charge is -2.24. The van der Waals surface area contributed by atoms with Gasteiger partial charge in [0.25, 0.3) is 5.91 Å². The molecule has 0 bridgehead atoms. The number of ketones is 1. The molecule has 1 amide bonds. The number of hydrogen-bond acceptors (Lipinski definition) is 3. The average Bonchev–Trinajstić information content (AvgIpc) is 2.80. The third-order valence-corrected chi connectivity index (χ3v) is 4.21. The molecule has 0 saturated carbocycles. The number of carbonyl (C=O) groups is 2. The Morgan fingerprint density at radius 2 is 1.55 bits per heavy atom. The van der Waals surface area contributed by atoms with Gasteiger partial charge in [0.15, 0.2) is 5.78 Å². The van der Waals surface area contributed by atoms with E-state index in [2.05, 4.69) is 0 Å². The number of amides is 1. The van der Waals surface area contributed by atoms with Crippen LogP contribution in [0, 0.1) is 0 Å². The summed E-state index contributed by atoms with van der Waals surface area (Å²) < 4.78 is 0. The first-order valence-electron chi connectivity index (χ1n) is 7.20. The molecule has 0 radical (unpaired) electrons. The van der Waals surface area contributed by atoms with Crippen LogP contribution in [0.15, 0.2) is 60.7 Å². The van der Waals surface area contributed by atoms with E-state index in [0.717, 1.165) is 5.56 Å². The second-order valence-corrected chi connectivity index (χ2v) is 5.51. The molecule has 1 N–H and O–H groups in total. The molecule has 1 heterocycles. The third-order valence-electron chi connectivity index (χ3n) is 4.21. The van der Waals surface area contributed by atoms with E-state index < -0.39 is 24.0 Å². The Hall–Kier alpha value is -2.46. The summed E-state index contributed by atoms with van der Waals surface area (Å²) in [6.45, 7) is 0. The molecule has 2 aromatic carbocycles. The van der Waals surface area contributed by atoms with Crippen LogP contribution < -0.4 is 0 Å². The van der Waals surface area contributed by atoms with Gasteiger partial charge in [-0.15, -0.1) is 0 Å². The second kappa shape index (κ2) is 5.73. The van der Waals surface area contributed by atoms with Crippen LogP contribution in [0.5, 0.6) is 0 Å². The van der Waals surface area contributed by atoms with E-state index in [9.17, 15) is 14.7 Å². The van der Waals surface area contributed by atoms with E-state index in [-0.39, 0.29) is 5.78 Å². The normalized spacial score (nSPS) is 24.5. The quantitative estimate of drug-likeness (QED) is 0.879. The number of Topliss-reactive ketones (excluding diaryl/α,β-unsaturated/α-hetero) is 1. The third kappa shape index (κ3) is 2.31. The van der Waals surface area contributed by atoms with Crippen LogP contribution in [-0.4, -0.2) is 40.9 Å². The molecule has 1 fully saturated rings. The summed E-state index contributed by atoms with van der Waals surface area (Å²) in [7, 11) is 1.57. The molecule has 0 unspecified atom stereocenters. The summed E-state index contributed by atoms with van der Waals surface area (Å²) in [5.41, 5.74) is 1.34. The Morgan fingerprint density at radius 1 is 1.00 bits per heavy atom. The fourth-order valence-corrected chi connectivity index (χ4v) is 3.06. The average molecular weight is 295 g/mol. The van der Waals surface area contributed by atoms with Crippen molar-refractivity contribution in [2.24, 2.45) is 0 Å². The molecule has 4 nitrogen and oxygen atoms in total. The zero-order valence-electron chi connectivity index (χ0n) is 12.2. The van der Waals surface area contributed by atoms with Crippen LogP contribution in [0.1, 0.15) is 21.8 Å². The molecule has 0 spiro atoms. The number of likely N-dealkylation sites (N-methyl/N-ethyl adjacent to an activating group) is 1. The largest absolute Gasteiger partial charge is 0.383 e. The number of hydrogen-bond donors (Lipinski definition) is 1. The number of likely N-dealkylation sites (tertiary alicyclic amines) is 1. The van der Waals surface area contributed by atoms with Gasteiger partial charge in [-0.25, -0.2) is 0 Å². The van der Waals surface area contributed by atoms with Crippen LogP contribution in [0.4, 0.5) is 0 Å². The molecule has 3 atom stereocenters. The van der Waals surface area contributed by atoms with Gasteiger partial charge in [-0.1, -0.05) is 60.7 Å². The molecule has 1 aliphatic rings. The van der Waals surface area contributed by atoms with E-state index in [0.29, 0.717) is 5.56 Å². The van der Waals surface area contributed by atoms with Gasteiger partial charge < -0.3 is 10.0 Å². The Morgan fingerprint density at radius 3 is 2.14 bits per heavy atom. The fraction of sp³-hybridized carbons (Fsp3) is 0.222. The maximum atomic E-state index is 12.8. The first kappa shape index (κ1) is 14.5. The molecule has 0 aromatic heterocycles. The van der Waals surface area contributed by atoms with E-state index in [1.807, 2.05) is 36.4 Å². The van der Waals surface area contributed by atoms with Crippen LogP contribution in [0.2, 0.25) is 0 Å². The fourth-order valence-electron chi connectivity index (χ4n) is 3.06. The van der Waals surface area contributed by atoms with Crippen molar-refractivity contribution in [3.8, 4) is 0 Å². The smallest absolute Gasteiger partial charge is 0.252 e. The summed E-state index contributed by atoms with van der Waals surface area (Å²) in [5, 5.41) is 10.3. The highest BCUT2D eigenvalue weighted by Gasteiger charge is 2.49. The lowest BCUT2D eigenvalue weighted by atomic mass is 9.86. The van der Waals surface area contributed by atoms with Gasteiger partial charge in [-0.2, -0.15) is 0 Å². The van der Waals surface area contributed by atoms with Gasteiger partial charge in [-0.3, -0.25) is 9.59 Å². The van der Waals surface area contributed by atoms with E-state index in [1.54, 1.807) is 31.3 Å². The number of nitrogens with zero attached hydrogens (tertiary/aromatic N) is 1. The SMILES string of the molecule is CN1C(=O)[C@H](O)[C@H](c2ccccc2)[C@@H]1C(=O)c1ccccc1. The number of carbonyl (C=O) groups excluding carboxylic acids is 2. The Labute approximate surface area is 129 Å². The zero-order valence-corrected chi connectivity index (χ0v) is 12.2. The van der Waals surface area contributed by atoms with E-state index in [1.165, 1.54) is 4.90 Å². The molecule has 0 aliphatic carbocycles. The van der Waals surface area contributed by atoms with E-state index >= 15 is 0 Å². The van der Waals surface area contributed by atoms with Crippen LogP contribution >= 0.6 is 0 Å². The topological polar surface area (TPSA) is 57.6 Å². The highest BCUT2D eigenvalue weighted by molar-refractivity contribution is 6.05. The summed E-state index contributed by atoms with van der Waals surface area (Å²) in [5.74, 6) is -1.11. The lowest BCUT2D eigenvalue weighted by Crippen LogP contribution is -2.38. The van der Waals surface area contributed by atoms with Gasteiger partial charge in [0.2, 0.25) is 0 Å². The maximum absolute atomic E-state index is 12.8. The van der Waals surface area contributed by atoms with Crippen molar-refractivity contribution in [1.82, 2.24) is 4.90 Å². The molecular formula is C18H17NO3.